The van der Waals surface area contributed by atoms with Crippen molar-refractivity contribution in [3.05, 3.63) is 34.3 Å². The molecule has 0 heterocycles. The van der Waals surface area contributed by atoms with Crippen LogP contribution in [0.25, 0.3) is 0 Å². The number of rotatable bonds is 8. The van der Waals surface area contributed by atoms with E-state index in [2.05, 4.69) is 53.2 Å². The van der Waals surface area contributed by atoms with Gasteiger partial charge >= 0.3 is 0 Å². The van der Waals surface area contributed by atoms with E-state index in [-0.39, 0.29) is 6.04 Å². The number of halogens is 1. The zero-order valence-electron chi connectivity index (χ0n) is 12.1. The molecule has 0 radical (unpaired) electrons. The van der Waals surface area contributed by atoms with Gasteiger partial charge in [-0.1, -0.05) is 28.1 Å². The molecule has 1 rings (SSSR count). The second-order valence-electron chi connectivity index (χ2n) is 5.06. The Hall–Kier alpha value is -0.0300. The largest absolute Gasteiger partial charge is 0.324 e. The summed E-state index contributed by atoms with van der Waals surface area (Å²) in [6, 6.07) is 9.04. The second-order valence-corrected chi connectivity index (χ2v) is 6.96. The summed E-state index contributed by atoms with van der Waals surface area (Å²) in [5.41, 5.74) is 7.47. The van der Waals surface area contributed by atoms with Gasteiger partial charge in [0.15, 0.2) is 0 Å². The van der Waals surface area contributed by atoms with Gasteiger partial charge < -0.3 is 10.6 Å². The number of nitrogens with zero attached hydrogens (tertiary/aromatic N) is 1. The maximum absolute atomic E-state index is 6.26. The van der Waals surface area contributed by atoms with Gasteiger partial charge in [-0.3, -0.25) is 0 Å². The first-order chi connectivity index (χ1) is 9.04. The van der Waals surface area contributed by atoms with E-state index < -0.39 is 0 Å². The quantitative estimate of drug-likeness (QED) is 0.775. The first kappa shape index (κ1) is 17.0. The lowest BCUT2D eigenvalue weighted by Gasteiger charge is -2.26. The molecule has 0 aliphatic heterocycles. The summed E-state index contributed by atoms with van der Waals surface area (Å²) in [5, 5.41) is 0. The SMILES string of the molecule is CSCCC(C)N(C)CCC(N)c1cccc(Br)c1. The first-order valence-electron chi connectivity index (χ1n) is 6.74. The molecule has 0 aliphatic rings. The summed E-state index contributed by atoms with van der Waals surface area (Å²) in [7, 11) is 2.19. The number of nitrogens with two attached hydrogens (primary N) is 1. The maximum atomic E-state index is 6.26. The fourth-order valence-electron chi connectivity index (χ4n) is 1.98. The van der Waals surface area contributed by atoms with Gasteiger partial charge in [-0.25, -0.2) is 0 Å². The Bertz CT molecular complexity index is 373. The van der Waals surface area contributed by atoms with Crippen LogP contribution in [0.5, 0.6) is 0 Å². The first-order valence-corrected chi connectivity index (χ1v) is 8.93. The molecule has 19 heavy (non-hydrogen) atoms. The highest BCUT2D eigenvalue weighted by Gasteiger charge is 2.12. The highest BCUT2D eigenvalue weighted by atomic mass is 79.9. The van der Waals surface area contributed by atoms with Crippen LogP contribution in [-0.4, -0.2) is 36.5 Å². The van der Waals surface area contributed by atoms with E-state index in [1.54, 1.807) is 0 Å². The zero-order valence-corrected chi connectivity index (χ0v) is 14.5. The fourth-order valence-corrected chi connectivity index (χ4v) is 2.97. The van der Waals surface area contributed by atoms with Crippen molar-refractivity contribution >= 4 is 27.7 Å². The van der Waals surface area contributed by atoms with Crippen LogP contribution in [0.3, 0.4) is 0 Å². The molecular weight excluding hydrogens is 320 g/mol. The van der Waals surface area contributed by atoms with Gasteiger partial charge in [0.05, 0.1) is 0 Å². The van der Waals surface area contributed by atoms with Crippen molar-refractivity contribution in [1.82, 2.24) is 4.90 Å². The summed E-state index contributed by atoms with van der Waals surface area (Å²) >= 11 is 5.41. The van der Waals surface area contributed by atoms with Crippen LogP contribution in [0.2, 0.25) is 0 Å². The predicted octanol–water partition coefficient (Wildman–Crippen LogP) is 3.91. The van der Waals surface area contributed by atoms with Gasteiger partial charge in [0, 0.05) is 16.6 Å². The molecule has 0 aliphatic carbocycles. The average molecular weight is 345 g/mol. The third kappa shape index (κ3) is 6.30. The summed E-state index contributed by atoms with van der Waals surface area (Å²) in [4.78, 5) is 2.41. The summed E-state index contributed by atoms with van der Waals surface area (Å²) in [6.45, 7) is 3.34. The topological polar surface area (TPSA) is 29.3 Å². The molecule has 0 aromatic heterocycles. The van der Waals surface area contributed by atoms with E-state index in [1.165, 1.54) is 17.7 Å². The molecule has 2 nitrogen and oxygen atoms in total. The number of hydrogen-bond donors (Lipinski definition) is 1. The molecule has 1 aromatic rings. The minimum absolute atomic E-state index is 0.118. The van der Waals surface area contributed by atoms with E-state index in [1.807, 2.05) is 23.9 Å². The molecule has 108 valence electrons. The normalized spacial score (nSPS) is 14.6. The van der Waals surface area contributed by atoms with E-state index >= 15 is 0 Å². The number of benzene rings is 1. The van der Waals surface area contributed by atoms with E-state index in [9.17, 15) is 0 Å². The van der Waals surface area contributed by atoms with Crippen LogP contribution < -0.4 is 5.73 Å². The van der Waals surface area contributed by atoms with Gasteiger partial charge in [-0.2, -0.15) is 11.8 Å². The molecule has 2 unspecified atom stereocenters. The Morgan fingerprint density at radius 3 is 2.74 bits per heavy atom. The van der Waals surface area contributed by atoms with Gasteiger partial charge in [-0.15, -0.1) is 0 Å². The molecule has 4 heteroatoms. The Labute approximate surface area is 130 Å². The van der Waals surface area contributed by atoms with Gasteiger partial charge in [-0.05, 0) is 63.1 Å². The predicted molar refractivity (Wildman–Crippen MR) is 90.8 cm³/mol. The van der Waals surface area contributed by atoms with Crippen molar-refractivity contribution in [2.24, 2.45) is 5.73 Å². The van der Waals surface area contributed by atoms with Gasteiger partial charge in [0.2, 0.25) is 0 Å². The minimum atomic E-state index is 0.118. The smallest absolute Gasteiger partial charge is 0.0307 e. The molecule has 1 aromatic carbocycles. The Balaban J connectivity index is 2.39. The van der Waals surface area contributed by atoms with Crippen LogP contribution >= 0.6 is 27.7 Å². The minimum Gasteiger partial charge on any atom is -0.324 e. The summed E-state index contributed by atoms with van der Waals surface area (Å²) in [5.74, 6) is 1.23. The Kier molecular flexibility index (Phi) is 8.07. The van der Waals surface area contributed by atoms with E-state index in [4.69, 9.17) is 5.73 Å². The fraction of sp³-hybridized carbons (Fsp3) is 0.600. The molecule has 0 amide bonds. The van der Waals surface area contributed by atoms with Crippen molar-refractivity contribution in [2.75, 3.05) is 25.6 Å². The van der Waals surface area contributed by atoms with Crippen molar-refractivity contribution in [3.8, 4) is 0 Å². The van der Waals surface area contributed by atoms with Crippen LogP contribution in [0, 0.1) is 0 Å². The lowest BCUT2D eigenvalue weighted by atomic mass is 10.0. The highest BCUT2D eigenvalue weighted by molar-refractivity contribution is 9.10. The zero-order chi connectivity index (χ0) is 14.3. The molecule has 0 saturated carbocycles. The molecule has 0 bridgehead atoms. The Morgan fingerprint density at radius 2 is 2.11 bits per heavy atom. The third-order valence-electron chi connectivity index (χ3n) is 3.56. The molecule has 0 spiro atoms. The average Bonchev–Trinajstić information content (AvgIpc) is 2.41. The molecule has 2 N–H and O–H groups in total. The van der Waals surface area contributed by atoms with Crippen LogP contribution in [0.4, 0.5) is 0 Å². The van der Waals surface area contributed by atoms with Crippen molar-refractivity contribution < 1.29 is 0 Å². The monoisotopic (exact) mass is 344 g/mol. The van der Waals surface area contributed by atoms with Gasteiger partial charge in [0.1, 0.15) is 0 Å². The van der Waals surface area contributed by atoms with E-state index in [0.717, 1.165) is 17.4 Å². The van der Waals surface area contributed by atoms with Crippen molar-refractivity contribution in [1.29, 1.82) is 0 Å². The molecule has 0 saturated heterocycles. The maximum Gasteiger partial charge on any atom is 0.0307 e. The lowest BCUT2D eigenvalue weighted by Crippen LogP contribution is -2.32. The van der Waals surface area contributed by atoms with Crippen LogP contribution in [-0.2, 0) is 0 Å². The standard InChI is InChI=1S/C15H25BrN2S/c1-12(8-10-19-3)18(2)9-7-15(17)13-5-4-6-14(16)11-13/h4-6,11-12,15H,7-10,17H2,1-3H3. The number of thioether (sulfide) groups is 1. The molecule has 2 atom stereocenters. The van der Waals surface area contributed by atoms with Crippen molar-refractivity contribution in [2.45, 2.75) is 31.8 Å². The van der Waals surface area contributed by atoms with Gasteiger partial charge in [0.25, 0.3) is 0 Å². The molecular formula is C15H25BrN2S. The third-order valence-corrected chi connectivity index (χ3v) is 4.70. The van der Waals surface area contributed by atoms with Crippen LogP contribution in [0.15, 0.2) is 28.7 Å². The van der Waals surface area contributed by atoms with E-state index in [0.29, 0.717) is 6.04 Å². The van der Waals surface area contributed by atoms with Crippen molar-refractivity contribution in [3.63, 3.8) is 0 Å². The highest BCUT2D eigenvalue weighted by Crippen LogP contribution is 2.19. The lowest BCUT2D eigenvalue weighted by molar-refractivity contribution is 0.244. The molecule has 0 fully saturated rings. The summed E-state index contributed by atoms with van der Waals surface area (Å²) in [6.07, 6.45) is 4.40. The second kappa shape index (κ2) is 9.01. The number of hydrogen-bond acceptors (Lipinski definition) is 3. The van der Waals surface area contributed by atoms with Crippen LogP contribution in [0.1, 0.15) is 31.4 Å². The summed E-state index contributed by atoms with van der Waals surface area (Å²) < 4.78 is 1.10. The Morgan fingerprint density at radius 1 is 1.37 bits per heavy atom.